The predicted molar refractivity (Wildman–Crippen MR) is 114 cm³/mol. The Morgan fingerprint density at radius 3 is 2.53 bits per heavy atom. The third-order valence-electron chi connectivity index (χ3n) is 5.56. The first-order valence-corrected chi connectivity index (χ1v) is 10.1. The number of para-hydroxylation sites is 1. The molecule has 0 aromatic heterocycles. The molecule has 0 unspecified atom stereocenters. The topological polar surface area (TPSA) is 66.9 Å². The van der Waals surface area contributed by atoms with E-state index in [2.05, 4.69) is 0 Å². The van der Waals surface area contributed by atoms with Crippen LogP contribution in [0.5, 0.6) is 0 Å². The van der Waals surface area contributed by atoms with E-state index in [1.165, 1.54) is 9.80 Å². The fraction of sp³-hybridized carbons (Fsp3) is 0.292. The molecule has 0 N–H and O–H groups in total. The van der Waals surface area contributed by atoms with Gasteiger partial charge in [0.2, 0.25) is 11.6 Å². The zero-order chi connectivity index (χ0) is 21.3. The van der Waals surface area contributed by atoms with Crippen molar-refractivity contribution < 1.29 is 19.1 Å². The Labute approximate surface area is 175 Å². The maximum absolute atomic E-state index is 13.4. The van der Waals surface area contributed by atoms with Crippen molar-refractivity contribution in [2.75, 3.05) is 11.5 Å². The van der Waals surface area contributed by atoms with Gasteiger partial charge in [-0.1, -0.05) is 48.5 Å². The summed E-state index contributed by atoms with van der Waals surface area (Å²) in [6.07, 6.45) is 4.01. The van der Waals surface area contributed by atoms with E-state index in [-0.39, 0.29) is 37.3 Å². The molecule has 6 nitrogen and oxygen atoms in total. The lowest BCUT2D eigenvalue weighted by Gasteiger charge is -2.50. The van der Waals surface area contributed by atoms with Crippen molar-refractivity contribution in [2.24, 2.45) is 0 Å². The smallest absolute Gasteiger partial charge is 0.354 e. The summed E-state index contributed by atoms with van der Waals surface area (Å²) in [6.45, 7) is 3.74. The van der Waals surface area contributed by atoms with E-state index in [1.807, 2.05) is 50.3 Å². The van der Waals surface area contributed by atoms with Gasteiger partial charge >= 0.3 is 5.97 Å². The Morgan fingerprint density at radius 1 is 1.10 bits per heavy atom. The Kier molecular flexibility index (Phi) is 5.16. The molecule has 1 saturated heterocycles. The molecule has 154 valence electrons. The Bertz CT molecular complexity index is 1010. The third-order valence-corrected chi connectivity index (χ3v) is 5.56. The number of rotatable bonds is 5. The van der Waals surface area contributed by atoms with Gasteiger partial charge in [0.05, 0.1) is 11.3 Å². The maximum Gasteiger partial charge on any atom is 0.354 e. The second kappa shape index (κ2) is 7.78. The van der Waals surface area contributed by atoms with Crippen LogP contribution in [-0.4, -0.2) is 41.0 Å². The van der Waals surface area contributed by atoms with Crippen LogP contribution in [0.2, 0.25) is 0 Å². The lowest BCUT2D eigenvalue weighted by atomic mass is 9.95. The Hall–Kier alpha value is -3.41. The van der Waals surface area contributed by atoms with E-state index >= 15 is 0 Å². The van der Waals surface area contributed by atoms with Gasteiger partial charge < -0.3 is 9.64 Å². The number of esters is 1. The number of amides is 2. The number of carbonyl (C=O) groups is 3. The number of benzene rings is 2. The highest BCUT2D eigenvalue weighted by atomic mass is 16.5. The van der Waals surface area contributed by atoms with Gasteiger partial charge in [-0.05, 0) is 37.6 Å². The van der Waals surface area contributed by atoms with Gasteiger partial charge in [-0.3, -0.25) is 14.5 Å². The largest absolute Gasteiger partial charge is 0.458 e. The van der Waals surface area contributed by atoms with E-state index in [9.17, 15) is 14.4 Å². The van der Waals surface area contributed by atoms with Gasteiger partial charge in [-0.15, -0.1) is 0 Å². The molecule has 0 saturated carbocycles. The maximum atomic E-state index is 13.4. The van der Waals surface area contributed by atoms with Gasteiger partial charge in [0.25, 0.3) is 5.91 Å². The van der Waals surface area contributed by atoms with Crippen molar-refractivity contribution in [1.82, 2.24) is 4.90 Å². The van der Waals surface area contributed by atoms with Crippen molar-refractivity contribution in [3.63, 3.8) is 0 Å². The molecule has 30 heavy (non-hydrogen) atoms. The average molecular weight is 404 g/mol. The quantitative estimate of drug-likeness (QED) is 0.714. The van der Waals surface area contributed by atoms with Crippen LogP contribution in [0, 0.1) is 0 Å². The molecule has 2 aromatic carbocycles. The summed E-state index contributed by atoms with van der Waals surface area (Å²) in [7, 11) is 0. The fourth-order valence-corrected chi connectivity index (χ4v) is 4.36. The molecule has 1 fully saturated rings. The van der Waals surface area contributed by atoms with Crippen molar-refractivity contribution in [3.05, 3.63) is 71.8 Å². The molecule has 2 aromatic rings. The first-order valence-electron chi connectivity index (χ1n) is 10.1. The molecule has 0 radical (unpaired) electrons. The summed E-state index contributed by atoms with van der Waals surface area (Å²) in [5.41, 5.74) is 0.444. The number of hydrogen-bond acceptors (Lipinski definition) is 4. The lowest BCUT2D eigenvalue weighted by Crippen LogP contribution is -2.70. The SMILES string of the molecule is CC(C)N1C(=O)c2ccccc2N2C(=O)CC[C@]21C(=O)OC/C=C/c1ccccc1. The van der Waals surface area contributed by atoms with E-state index in [0.29, 0.717) is 11.3 Å². The number of anilines is 1. The number of ether oxygens (including phenoxy) is 1. The first-order chi connectivity index (χ1) is 14.5. The highest BCUT2D eigenvalue weighted by Gasteiger charge is 2.62. The van der Waals surface area contributed by atoms with Gasteiger partial charge in [0, 0.05) is 18.9 Å². The molecule has 2 heterocycles. The number of hydrogen-bond donors (Lipinski definition) is 0. The molecular formula is C24H24N2O4. The second-order valence-corrected chi connectivity index (χ2v) is 7.74. The molecule has 2 aliphatic heterocycles. The van der Waals surface area contributed by atoms with E-state index in [4.69, 9.17) is 4.74 Å². The van der Waals surface area contributed by atoms with Crippen LogP contribution in [0.25, 0.3) is 6.08 Å². The summed E-state index contributed by atoms with van der Waals surface area (Å²) in [5, 5.41) is 0. The zero-order valence-corrected chi connectivity index (χ0v) is 17.1. The van der Waals surface area contributed by atoms with Crippen molar-refractivity contribution in [1.29, 1.82) is 0 Å². The van der Waals surface area contributed by atoms with Crippen LogP contribution in [-0.2, 0) is 14.3 Å². The first kappa shape index (κ1) is 19.9. The molecule has 1 atom stereocenters. The van der Waals surface area contributed by atoms with Gasteiger partial charge in [-0.2, -0.15) is 0 Å². The lowest BCUT2D eigenvalue weighted by molar-refractivity contribution is -0.157. The minimum atomic E-state index is -1.45. The highest BCUT2D eigenvalue weighted by molar-refractivity contribution is 6.15. The minimum absolute atomic E-state index is 0.0548. The van der Waals surface area contributed by atoms with Crippen LogP contribution >= 0.6 is 0 Å². The molecular weight excluding hydrogens is 380 g/mol. The standard InChI is InChI=1S/C24H24N2O4/c1-17(2)25-22(28)19-12-6-7-13-20(19)26-21(27)14-15-24(25,26)23(29)30-16-8-11-18-9-4-3-5-10-18/h3-13,17H,14-16H2,1-2H3/b11-8+/t24-/m1/s1. The highest BCUT2D eigenvalue weighted by Crippen LogP contribution is 2.45. The number of carbonyl (C=O) groups excluding carboxylic acids is 3. The molecule has 2 aliphatic rings. The zero-order valence-electron chi connectivity index (χ0n) is 17.1. The van der Waals surface area contributed by atoms with Crippen molar-refractivity contribution >= 4 is 29.5 Å². The third kappa shape index (κ3) is 3.09. The van der Waals surface area contributed by atoms with E-state index < -0.39 is 11.6 Å². The normalized spacial score (nSPS) is 20.6. The summed E-state index contributed by atoms with van der Waals surface area (Å²) in [6, 6.07) is 16.3. The van der Waals surface area contributed by atoms with Crippen LogP contribution in [0.3, 0.4) is 0 Å². The van der Waals surface area contributed by atoms with E-state index in [1.54, 1.807) is 30.3 Å². The minimum Gasteiger partial charge on any atom is -0.458 e. The molecule has 0 aliphatic carbocycles. The fourth-order valence-electron chi connectivity index (χ4n) is 4.36. The van der Waals surface area contributed by atoms with E-state index in [0.717, 1.165) is 5.56 Å². The monoisotopic (exact) mass is 404 g/mol. The second-order valence-electron chi connectivity index (χ2n) is 7.74. The van der Waals surface area contributed by atoms with Gasteiger partial charge in [-0.25, -0.2) is 4.79 Å². The summed E-state index contributed by atoms with van der Waals surface area (Å²) in [5.74, 6) is -1.02. The van der Waals surface area contributed by atoms with Crippen LogP contribution < -0.4 is 4.90 Å². The number of fused-ring (bicyclic) bond motifs is 3. The Morgan fingerprint density at radius 2 is 1.80 bits per heavy atom. The predicted octanol–water partition coefficient (Wildman–Crippen LogP) is 3.63. The van der Waals surface area contributed by atoms with Crippen LogP contribution in [0.1, 0.15) is 42.6 Å². The molecule has 0 spiro atoms. The van der Waals surface area contributed by atoms with Gasteiger partial charge in [0.1, 0.15) is 6.61 Å². The van der Waals surface area contributed by atoms with Crippen LogP contribution in [0.4, 0.5) is 5.69 Å². The molecule has 6 heteroatoms. The number of nitrogens with zero attached hydrogens (tertiary/aromatic N) is 2. The van der Waals surface area contributed by atoms with Crippen molar-refractivity contribution in [2.45, 2.75) is 38.4 Å². The summed E-state index contributed by atoms with van der Waals surface area (Å²) >= 11 is 0. The van der Waals surface area contributed by atoms with Crippen molar-refractivity contribution in [3.8, 4) is 0 Å². The summed E-state index contributed by atoms with van der Waals surface area (Å²) < 4.78 is 5.59. The molecule has 2 amide bonds. The Balaban J connectivity index is 1.66. The molecule has 0 bridgehead atoms. The average Bonchev–Trinajstić information content (AvgIpc) is 3.10. The summed E-state index contributed by atoms with van der Waals surface area (Å²) in [4.78, 5) is 42.5. The van der Waals surface area contributed by atoms with Gasteiger partial charge in [0.15, 0.2) is 0 Å². The molecule has 4 rings (SSSR count). The van der Waals surface area contributed by atoms with Crippen LogP contribution in [0.15, 0.2) is 60.7 Å².